The summed E-state index contributed by atoms with van der Waals surface area (Å²) in [6, 6.07) is 26.0. The number of morpholine rings is 1. The quantitative estimate of drug-likeness (QED) is 0.504. The van der Waals surface area contributed by atoms with E-state index in [2.05, 4.69) is 95.5 Å². The van der Waals surface area contributed by atoms with Crippen LogP contribution in [-0.2, 0) is 17.8 Å². The minimum absolute atomic E-state index is 0.763. The average molecular weight is 432 g/mol. The van der Waals surface area contributed by atoms with Gasteiger partial charge < -0.3 is 24.2 Å². The summed E-state index contributed by atoms with van der Waals surface area (Å²) in [5, 5.41) is 0. The summed E-state index contributed by atoms with van der Waals surface area (Å²) in [7, 11) is 5.92. The molecule has 4 rings (SSSR count). The SMILES string of the molecule is COc1cccc(CN(c2ccc(N3CCOCC3)cc2)c2cccc(CN(C)C)c2)c1. The normalized spacial score (nSPS) is 13.9. The number of ether oxygens (including phenoxy) is 2. The van der Waals surface area contributed by atoms with Crippen LogP contribution in [0.3, 0.4) is 0 Å². The molecular weight excluding hydrogens is 398 g/mol. The van der Waals surface area contributed by atoms with Gasteiger partial charge in [-0.15, -0.1) is 0 Å². The van der Waals surface area contributed by atoms with E-state index in [0.29, 0.717) is 0 Å². The topological polar surface area (TPSA) is 28.2 Å². The molecular formula is C27H33N3O2. The molecule has 1 aliphatic heterocycles. The number of anilines is 3. The lowest BCUT2D eigenvalue weighted by atomic mass is 10.1. The largest absolute Gasteiger partial charge is 0.497 e. The summed E-state index contributed by atoms with van der Waals surface area (Å²) < 4.78 is 11.0. The molecule has 0 bridgehead atoms. The maximum atomic E-state index is 5.50. The van der Waals surface area contributed by atoms with Crippen molar-refractivity contribution in [1.29, 1.82) is 0 Å². The Labute approximate surface area is 191 Å². The van der Waals surface area contributed by atoms with Gasteiger partial charge in [-0.25, -0.2) is 0 Å². The maximum Gasteiger partial charge on any atom is 0.119 e. The van der Waals surface area contributed by atoms with Gasteiger partial charge in [0.15, 0.2) is 0 Å². The van der Waals surface area contributed by atoms with Crippen LogP contribution in [0.4, 0.5) is 17.1 Å². The highest BCUT2D eigenvalue weighted by atomic mass is 16.5. The van der Waals surface area contributed by atoms with Gasteiger partial charge in [0.05, 0.1) is 20.3 Å². The van der Waals surface area contributed by atoms with Crippen LogP contribution in [0.2, 0.25) is 0 Å². The molecule has 0 amide bonds. The Hall–Kier alpha value is -3.02. The molecule has 1 aliphatic rings. The zero-order valence-electron chi connectivity index (χ0n) is 19.3. The van der Waals surface area contributed by atoms with Crippen molar-refractivity contribution in [3.05, 3.63) is 83.9 Å². The molecule has 0 aromatic heterocycles. The van der Waals surface area contributed by atoms with Gasteiger partial charge in [-0.1, -0.05) is 24.3 Å². The molecule has 168 valence electrons. The number of hydrogen-bond acceptors (Lipinski definition) is 5. The van der Waals surface area contributed by atoms with Crippen LogP contribution in [0, 0.1) is 0 Å². The highest BCUT2D eigenvalue weighted by Gasteiger charge is 2.15. The van der Waals surface area contributed by atoms with E-state index in [1.54, 1.807) is 7.11 Å². The van der Waals surface area contributed by atoms with Crippen LogP contribution in [0.15, 0.2) is 72.8 Å². The molecule has 0 radical (unpaired) electrons. The summed E-state index contributed by atoms with van der Waals surface area (Å²) in [5.41, 5.74) is 6.12. The molecule has 3 aromatic rings. The molecule has 0 spiro atoms. The van der Waals surface area contributed by atoms with Crippen molar-refractivity contribution < 1.29 is 9.47 Å². The molecule has 1 fully saturated rings. The second-order valence-electron chi connectivity index (χ2n) is 8.46. The number of hydrogen-bond donors (Lipinski definition) is 0. The van der Waals surface area contributed by atoms with Crippen molar-refractivity contribution in [1.82, 2.24) is 4.90 Å². The lowest BCUT2D eigenvalue weighted by Gasteiger charge is -2.30. The van der Waals surface area contributed by atoms with Gasteiger partial charge in [-0.2, -0.15) is 0 Å². The van der Waals surface area contributed by atoms with Gasteiger partial charge in [0.2, 0.25) is 0 Å². The molecule has 0 unspecified atom stereocenters. The zero-order valence-corrected chi connectivity index (χ0v) is 19.3. The smallest absolute Gasteiger partial charge is 0.119 e. The predicted molar refractivity (Wildman–Crippen MR) is 132 cm³/mol. The molecule has 3 aromatic carbocycles. The third kappa shape index (κ3) is 5.61. The summed E-state index contributed by atoms with van der Waals surface area (Å²) in [6.07, 6.45) is 0. The van der Waals surface area contributed by atoms with Gasteiger partial charge >= 0.3 is 0 Å². The summed E-state index contributed by atoms with van der Waals surface area (Å²) >= 11 is 0. The molecule has 0 aliphatic carbocycles. The fourth-order valence-corrected chi connectivity index (χ4v) is 4.14. The maximum absolute atomic E-state index is 5.50. The van der Waals surface area contributed by atoms with E-state index in [1.165, 1.54) is 28.2 Å². The summed E-state index contributed by atoms with van der Waals surface area (Å²) in [4.78, 5) is 6.96. The predicted octanol–water partition coefficient (Wildman–Crippen LogP) is 4.93. The van der Waals surface area contributed by atoms with Gasteiger partial charge in [-0.3, -0.25) is 0 Å². The van der Waals surface area contributed by atoms with E-state index < -0.39 is 0 Å². The van der Waals surface area contributed by atoms with E-state index in [0.717, 1.165) is 45.1 Å². The van der Waals surface area contributed by atoms with Crippen molar-refractivity contribution >= 4 is 17.1 Å². The second-order valence-corrected chi connectivity index (χ2v) is 8.46. The first-order valence-electron chi connectivity index (χ1n) is 11.2. The van der Waals surface area contributed by atoms with E-state index in [1.807, 2.05) is 6.07 Å². The number of benzene rings is 3. The first-order valence-corrected chi connectivity index (χ1v) is 11.2. The Balaban J connectivity index is 1.65. The zero-order chi connectivity index (χ0) is 22.3. The Morgan fingerprint density at radius 1 is 0.812 bits per heavy atom. The van der Waals surface area contributed by atoms with Crippen molar-refractivity contribution in [2.45, 2.75) is 13.1 Å². The highest BCUT2D eigenvalue weighted by Crippen LogP contribution is 2.31. The molecule has 1 heterocycles. The van der Waals surface area contributed by atoms with E-state index >= 15 is 0 Å². The van der Waals surface area contributed by atoms with E-state index in [9.17, 15) is 0 Å². The molecule has 5 heteroatoms. The standard InChI is InChI=1S/C27H33N3O2/c1-28(2)20-22-6-4-8-26(18-22)30(21-23-7-5-9-27(19-23)31-3)25-12-10-24(11-13-25)29-14-16-32-17-15-29/h4-13,18-19H,14-17,20-21H2,1-3H3. The minimum Gasteiger partial charge on any atom is -0.497 e. The lowest BCUT2D eigenvalue weighted by Crippen LogP contribution is -2.36. The van der Waals surface area contributed by atoms with E-state index in [-0.39, 0.29) is 0 Å². The number of methoxy groups -OCH3 is 1. The van der Waals surface area contributed by atoms with Gasteiger partial charge in [0.25, 0.3) is 0 Å². The van der Waals surface area contributed by atoms with Crippen LogP contribution >= 0.6 is 0 Å². The van der Waals surface area contributed by atoms with Gasteiger partial charge in [-0.05, 0) is 73.8 Å². The van der Waals surface area contributed by atoms with Crippen molar-refractivity contribution in [2.75, 3.05) is 57.3 Å². The third-order valence-electron chi connectivity index (χ3n) is 5.73. The summed E-state index contributed by atoms with van der Waals surface area (Å²) in [6.45, 7) is 5.15. The Kier molecular flexibility index (Phi) is 7.30. The molecule has 32 heavy (non-hydrogen) atoms. The number of nitrogens with zero attached hydrogens (tertiary/aromatic N) is 3. The monoisotopic (exact) mass is 431 g/mol. The first kappa shape index (κ1) is 22.2. The Morgan fingerprint density at radius 2 is 1.50 bits per heavy atom. The molecule has 0 saturated carbocycles. The third-order valence-corrected chi connectivity index (χ3v) is 5.73. The highest BCUT2D eigenvalue weighted by molar-refractivity contribution is 5.66. The van der Waals surface area contributed by atoms with Crippen molar-refractivity contribution in [2.24, 2.45) is 0 Å². The number of rotatable bonds is 8. The molecule has 0 atom stereocenters. The molecule has 1 saturated heterocycles. The fourth-order valence-electron chi connectivity index (χ4n) is 4.14. The molecule has 5 nitrogen and oxygen atoms in total. The van der Waals surface area contributed by atoms with Crippen LogP contribution in [0.5, 0.6) is 5.75 Å². The minimum atomic E-state index is 0.763. The Morgan fingerprint density at radius 3 is 2.19 bits per heavy atom. The second kappa shape index (κ2) is 10.5. The van der Waals surface area contributed by atoms with Crippen LogP contribution < -0.4 is 14.5 Å². The van der Waals surface area contributed by atoms with Crippen molar-refractivity contribution in [3.8, 4) is 5.75 Å². The van der Waals surface area contributed by atoms with E-state index in [4.69, 9.17) is 9.47 Å². The van der Waals surface area contributed by atoms with Crippen LogP contribution in [0.25, 0.3) is 0 Å². The van der Waals surface area contributed by atoms with Crippen LogP contribution in [-0.4, -0.2) is 52.4 Å². The first-order chi connectivity index (χ1) is 15.6. The Bertz CT molecular complexity index is 998. The summed E-state index contributed by atoms with van der Waals surface area (Å²) in [5.74, 6) is 0.881. The molecule has 0 N–H and O–H groups in total. The van der Waals surface area contributed by atoms with Crippen molar-refractivity contribution in [3.63, 3.8) is 0 Å². The lowest BCUT2D eigenvalue weighted by molar-refractivity contribution is 0.122. The van der Waals surface area contributed by atoms with Crippen LogP contribution in [0.1, 0.15) is 11.1 Å². The van der Waals surface area contributed by atoms with Gasteiger partial charge in [0, 0.05) is 43.2 Å². The average Bonchev–Trinajstić information content (AvgIpc) is 2.83. The van der Waals surface area contributed by atoms with Gasteiger partial charge in [0.1, 0.15) is 5.75 Å². The fraction of sp³-hybridized carbons (Fsp3) is 0.333.